The molecule has 27 heavy (non-hydrogen) atoms. The Balaban J connectivity index is 1.55. The molecule has 0 bridgehead atoms. The topological polar surface area (TPSA) is 53.9 Å². The van der Waals surface area contributed by atoms with Gasteiger partial charge < -0.3 is 5.32 Å². The van der Waals surface area contributed by atoms with E-state index in [-0.39, 0.29) is 0 Å². The van der Waals surface area contributed by atoms with Crippen molar-refractivity contribution in [3.8, 4) is 11.3 Å². The van der Waals surface area contributed by atoms with Crippen molar-refractivity contribution < 1.29 is 13.2 Å². The first-order valence-electron chi connectivity index (χ1n) is 9.23. The van der Waals surface area contributed by atoms with Crippen LogP contribution in [-0.4, -0.2) is 52.2 Å². The van der Waals surface area contributed by atoms with E-state index in [2.05, 4.69) is 20.3 Å². The van der Waals surface area contributed by atoms with Crippen LogP contribution in [0.15, 0.2) is 30.7 Å². The summed E-state index contributed by atoms with van der Waals surface area (Å²) in [6, 6.07) is 5.85. The van der Waals surface area contributed by atoms with Gasteiger partial charge in [-0.3, -0.25) is 9.88 Å². The SMILES string of the molecule is CCNc1cc(-c2ccc(CC3CCN(CC(F)(F)F)CC3)nc2)ncn1. The van der Waals surface area contributed by atoms with Gasteiger partial charge in [0, 0.05) is 30.1 Å². The lowest BCUT2D eigenvalue weighted by molar-refractivity contribution is -0.148. The minimum Gasteiger partial charge on any atom is -0.370 e. The van der Waals surface area contributed by atoms with Crippen molar-refractivity contribution in [2.45, 2.75) is 32.4 Å². The Bertz CT molecular complexity index is 725. The molecule has 1 aliphatic heterocycles. The summed E-state index contributed by atoms with van der Waals surface area (Å²) in [5, 5.41) is 3.15. The van der Waals surface area contributed by atoms with Crippen LogP contribution in [0.25, 0.3) is 11.3 Å². The summed E-state index contributed by atoms with van der Waals surface area (Å²) in [5.41, 5.74) is 2.69. The summed E-state index contributed by atoms with van der Waals surface area (Å²) in [4.78, 5) is 14.5. The summed E-state index contributed by atoms with van der Waals surface area (Å²) in [7, 11) is 0. The second kappa shape index (κ2) is 8.65. The number of nitrogens with one attached hydrogen (secondary N) is 1. The Morgan fingerprint density at radius 2 is 1.93 bits per heavy atom. The molecule has 1 saturated heterocycles. The first kappa shape index (κ1) is 19.5. The number of likely N-dealkylation sites (tertiary alicyclic amines) is 1. The average molecular weight is 379 g/mol. The van der Waals surface area contributed by atoms with Crippen LogP contribution in [-0.2, 0) is 6.42 Å². The molecule has 0 radical (unpaired) electrons. The van der Waals surface area contributed by atoms with E-state index in [0.717, 1.165) is 48.6 Å². The van der Waals surface area contributed by atoms with Crippen molar-refractivity contribution >= 4 is 5.82 Å². The van der Waals surface area contributed by atoms with E-state index in [1.54, 1.807) is 6.20 Å². The standard InChI is InChI=1S/C19H24F3N5/c1-2-23-18-10-17(25-13-26-18)15-3-4-16(24-11-15)9-14-5-7-27(8-6-14)12-19(20,21)22/h3-4,10-11,13-14H,2,5-9,12H2,1H3,(H,23,25,26). The molecule has 8 heteroatoms. The quantitative estimate of drug-likeness (QED) is 0.828. The van der Waals surface area contributed by atoms with Gasteiger partial charge in [0.2, 0.25) is 0 Å². The highest BCUT2D eigenvalue weighted by atomic mass is 19.4. The monoisotopic (exact) mass is 379 g/mol. The van der Waals surface area contributed by atoms with Gasteiger partial charge in [-0.05, 0) is 57.3 Å². The number of hydrogen-bond donors (Lipinski definition) is 1. The number of piperidine rings is 1. The van der Waals surface area contributed by atoms with Crippen LogP contribution < -0.4 is 5.32 Å². The van der Waals surface area contributed by atoms with E-state index >= 15 is 0 Å². The number of nitrogens with zero attached hydrogens (tertiary/aromatic N) is 4. The minimum absolute atomic E-state index is 0.382. The maximum atomic E-state index is 12.5. The van der Waals surface area contributed by atoms with Gasteiger partial charge in [0.05, 0.1) is 12.2 Å². The molecule has 0 amide bonds. The summed E-state index contributed by atoms with van der Waals surface area (Å²) in [5.74, 6) is 1.16. The maximum Gasteiger partial charge on any atom is 0.401 e. The summed E-state index contributed by atoms with van der Waals surface area (Å²) in [6.07, 6.45) is 1.56. The second-order valence-corrected chi connectivity index (χ2v) is 6.90. The van der Waals surface area contributed by atoms with Crippen LogP contribution in [0.1, 0.15) is 25.5 Å². The largest absolute Gasteiger partial charge is 0.401 e. The zero-order valence-electron chi connectivity index (χ0n) is 15.3. The van der Waals surface area contributed by atoms with Crippen molar-refractivity contribution in [2.24, 2.45) is 5.92 Å². The Kier molecular flexibility index (Phi) is 6.26. The molecular formula is C19H24F3N5. The molecule has 0 spiro atoms. The Morgan fingerprint density at radius 1 is 1.15 bits per heavy atom. The van der Waals surface area contributed by atoms with E-state index in [1.807, 2.05) is 25.1 Å². The second-order valence-electron chi connectivity index (χ2n) is 6.90. The number of aromatic nitrogens is 3. The van der Waals surface area contributed by atoms with Crippen molar-refractivity contribution in [3.05, 3.63) is 36.4 Å². The summed E-state index contributed by atoms with van der Waals surface area (Å²) in [6.45, 7) is 2.98. The van der Waals surface area contributed by atoms with Crippen LogP contribution in [0.5, 0.6) is 0 Å². The van der Waals surface area contributed by atoms with Gasteiger partial charge in [0.25, 0.3) is 0 Å². The van der Waals surface area contributed by atoms with E-state index in [0.29, 0.717) is 19.0 Å². The lowest BCUT2D eigenvalue weighted by atomic mass is 9.92. The zero-order chi connectivity index (χ0) is 19.3. The fourth-order valence-corrected chi connectivity index (χ4v) is 3.39. The molecule has 0 atom stereocenters. The third-order valence-electron chi connectivity index (χ3n) is 4.75. The van der Waals surface area contributed by atoms with Gasteiger partial charge in [-0.25, -0.2) is 9.97 Å². The van der Waals surface area contributed by atoms with Crippen LogP contribution in [0.4, 0.5) is 19.0 Å². The minimum atomic E-state index is -4.11. The van der Waals surface area contributed by atoms with E-state index in [4.69, 9.17) is 0 Å². The van der Waals surface area contributed by atoms with E-state index in [1.165, 1.54) is 11.2 Å². The fraction of sp³-hybridized carbons (Fsp3) is 0.526. The first-order valence-corrected chi connectivity index (χ1v) is 9.23. The number of rotatable bonds is 6. The predicted octanol–water partition coefficient (Wildman–Crippen LogP) is 3.79. The number of hydrogen-bond acceptors (Lipinski definition) is 5. The average Bonchev–Trinajstić information content (AvgIpc) is 2.63. The lowest BCUT2D eigenvalue weighted by Gasteiger charge is -2.32. The Morgan fingerprint density at radius 3 is 2.56 bits per heavy atom. The van der Waals surface area contributed by atoms with Gasteiger partial charge in [-0.15, -0.1) is 0 Å². The Labute approximate surface area is 157 Å². The van der Waals surface area contributed by atoms with Crippen molar-refractivity contribution in [1.82, 2.24) is 19.9 Å². The van der Waals surface area contributed by atoms with Gasteiger partial charge in [0.15, 0.2) is 0 Å². The molecule has 2 aromatic heterocycles. The highest BCUT2D eigenvalue weighted by Crippen LogP contribution is 2.25. The van der Waals surface area contributed by atoms with E-state index < -0.39 is 12.7 Å². The molecule has 0 aromatic carbocycles. The van der Waals surface area contributed by atoms with Gasteiger partial charge in [-0.1, -0.05) is 0 Å². The number of alkyl halides is 3. The van der Waals surface area contributed by atoms with Crippen LogP contribution >= 0.6 is 0 Å². The molecule has 1 N–H and O–H groups in total. The van der Waals surface area contributed by atoms with Crippen molar-refractivity contribution in [2.75, 3.05) is 31.5 Å². The molecule has 3 heterocycles. The van der Waals surface area contributed by atoms with Crippen LogP contribution in [0.3, 0.4) is 0 Å². The van der Waals surface area contributed by atoms with Gasteiger partial charge in [0.1, 0.15) is 12.1 Å². The zero-order valence-corrected chi connectivity index (χ0v) is 15.3. The fourth-order valence-electron chi connectivity index (χ4n) is 3.39. The lowest BCUT2D eigenvalue weighted by Crippen LogP contribution is -2.40. The molecule has 0 saturated carbocycles. The van der Waals surface area contributed by atoms with Crippen LogP contribution in [0, 0.1) is 5.92 Å². The summed E-state index contributed by atoms with van der Waals surface area (Å²) < 4.78 is 37.4. The Hall–Kier alpha value is -2.22. The molecular weight excluding hydrogens is 355 g/mol. The molecule has 3 rings (SSSR count). The van der Waals surface area contributed by atoms with Gasteiger partial charge in [-0.2, -0.15) is 13.2 Å². The third kappa shape index (κ3) is 5.89. The number of halogens is 3. The molecule has 2 aromatic rings. The molecule has 1 fully saturated rings. The smallest absolute Gasteiger partial charge is 0.370 e. The normalized spacial score (nSPS) is 16.4. The maximum absolute atomic E-state index is 12.5. The van der Waals surface area contributed by atoms with Crippen molar-refractivity contribution in [1.29, 1.82) is 0 Å². The summed E-state index contributed by atoms with van der Waals surface area (Å²) >= 11 is 0. The molecule has 1 aliphatic rings. The van der Waals surface area contributed by atoms with E-state index in [9.17, 15) is 13.2 Å². The molecule has 5 nitrogen and oxygen atoms in total. The van der Waals surface area contributed by atoms with Crippen molar-refractivity contribution in [3.63, 3.8) is 0 Å². The highest BCUT2D eigenvalue weighted by molar-refractivity contribution is 5.61. The number of anilines is 1. The highest BCUT2D eigenvalue weighted by Gasteiger charge is 2.32. The number of pyridine rings is 1. The first-order chi connectivity index (χ1) is 12.9. The predicted molar refractivity (Wildman–Crippen MR) is 98.3 cm³/mol. The molecule has 0 aliphatic carbocycles. The van der Waals surface area contributed by atoms with Gasteiger partial charge >= 0.3 is 6.18 Å². The van der Waals surface area contributed by atoms with Crippen LogP contribution in [0.2, 0.25) is 0 Å². The molecule has 0 unspecified atom stereocenters. The molecule has 146 valence electrons. The third-order valence-corrected chi connectivity index (χ3v) is 4.75.